The summed E-state index contributed by atoms with van der Waals surface area (Å²) in [5, 5.41) is 11.1. The maximum Gasteiger partial charge on any atom is 0.267 e. The minimum absolute atomic E-state index is 0.0797. The topological polar surface area (TPSA) is 143 Å². The molecule has 0 aliphatic carbocycles. The van der Waals surface area contributed by atoms with Crippen LogP contribution in [0.5, 0.6) is 0 Å². The lowest BCUT2D eigenvalue weighted by Gasteiger charge is -2.12. The average molecular weight is 623 g/mol. The minimum Gasteiger partial charge on any atom is -0.465 e. The molecule has 4 rings (SSSR count). The van der Waals surface area contributed by atoms with Gasteiger partial charge in [-0.3, -0.25) is 19.2 Å². The van der Waals surface area contributed by atoms with Crippen LogP contribution < -0.4 is 21.3 Å². The van der Waals surface area contributed by atoms with E-state index in [4.69, 9.17) is 8.83 Å². The molecular weight excluding hydrogens is 584 g/mol. The van der Waals surface area contributed by atoms with Crippen molar-refractivity contribution in [2.75, 3.05) is 13.1 Å². The van der Waals surface area contributed by atoms with Gasteiger partial charge < -0.3 is 30.1 Å². The van der Waals surface area contributed by atoms with Crippen LogP contribution in [0.25, 0.3) is 12.2 Å². The summed E-state index contributed by atoms with van der Waals surface area (Å²) in [5.41, 5.74) is 3.09. The molecule has 10 heteroatoms. The van der Waals surface area contributed by atoms with Crippen molar-refractivity contribution in [1.82, 2.24) is 21.3 Å². The maximum absolute atomic E-state index is 12.9. The predicted molar refractivity (Wildman–Crippen MR) is 175 cm³/mol. The van der Waals surface area contributed by atoms with Crippen molar-refractivity contribution in [3.05, 3.63) is 130 Å². The highest BCUT2D eigenvalue weighted by molar-refractivity contribution is 6.06. The lowest BCUT2D eigenvalue weighted by atomic mass is 10.1. The first-order valence-corrected chi connectivity index (χ1v) is 15.1. The molecule has 0 aliphatic heterocycles. The molecule has 0 atom stereocenters. The van der Waals surface area contributed by atoms with Crippen LogP contribution in [-0.4, -0.2) is 36.7 Å². The molecule has 238 valence electrons. The number of hydrogen-bond acceptors (Lipinski definition) is 6. The summed E-state index contributed by atoms with van der Waals surface area (Å²) in [6.07, 6.45) is 8.98. The second-order valence-corrected chi connectivity index (χ2v) is 10.7. The number of carbonyl (C=O) groups is 4. The normalized spacial score (nSPS) is 11.5. The summed E-state index contributed by atoms with van der Waals surface area (Å²) in [6.45, 7) is 4.67. The van der Waals surface area contributed by atoms with Crippen molar-refractivity contribution in [3.8, 4) is 0 Å². The van der Waals surface area contributed by atoms with E-state index in [2.05, 4.69) is 21.3 Å². The number of carbonyl (C=O) groups excluding carboxylic acids is 4. The summed E-state index contributed by atoms with van der Waals surface area (Å²) >= 11 is 0. The van der Waals surface area contributed by atoms with Crippen molar-refractivity contribution in [2.24, 2.45) is 0 Å². The van der Waals surface area contributed by atoms with Gasteiger partial charge in [-0.25, -0.2) is 0 Å². The van der Waals surface area contributed by atoms with Crippen LogP contribution in [-0.2, 0) is 9.59 Å². The molecule has 0 unspecified atom stereocenters. The van der Waals surface area contributed by atoms with Gasteiger partial charge >= 0.3 is 0 Å². The van der Waals surface area contributed by atoms with Crippen LogP contribution in [0.1, 0.15) is 69.0 Å². The highest BCUT2D eigenvalue weighted by atomic mass is 16.3. The number of benzene rings is 2. The van der Waals surface area contributed by atoms with Crippen LogP contribution in [0.3, 0.4) is 0 Å². The Hall–Kier alpha value is -5.64. The summed E-state index contributed by atoms with van der Waals surface area (Å²) in [6, 6.07) is 20.9. The summed E-state index contributed by atoms with van der Waals surface area (Å²) in [5.74, 6) is -0.763. The van der Waals surface area contributed by atoms with Crippen LogP contribution in [0, 0.1) is 13.8 Å². The molecule has 4 aromatic rings. The standard InChI is InChI=1S/C36H38N4O6/c1-25-11-15-27(16-12-25)33(41)39-31(23-29-9-7-21-45-29)35(43)37-19-5-3-4-6-20-38-36(44)32(24-30-10-8-22-46-30)40-34(42)28-17-13-26(2)14-18-28/h7-18,21-24H,3-6,19-20H2,1-2H3,(H,37,43)(H,38,44)(H,39,41)(H,40,42)/b31-23-,32-24-. The van der Waals surface area contributed by atoms with Gasteiger partial charge in [0.15, 0.2) is 0 Å². The van der Waals surface area contributed by atoms with Crippen molar-refractivity contribution >= 4 is 35.8 Å². The number of unbranched alkanes of at least 4 members (excludes halogenated alkanes) is 3. The van der Waals surface area contributed by atoms with Gasteiger partial charge in [0.05, 0.1) is 12.5 Å². The molecule has 0 saturated heterocycles. The number of rotatable bonds is 15. The number of aryl methyl sites for hydroxylation is 2. The third kappa shape index (κ3) is 10.5. The molecule has 0 spiro atoms. The van der Waals surface area contributed by atoms with Gasteiger partial charge in [0.25, 0.3) is 23.6 Å². The first-order chi connectivity index (χ1) is 22.3. The summed E-state index contributed by atoms with van der Waals surface area (Å²) in [4.78, 5) is 51.4. The number of furan rings is 2. The van der Waals surface area contributed by atoms with Gasteiger partial charge in [0, 0.05) is 36.4 Å². The van der Waals surface area contributed by atoms with Crippen molar-refractivity contribution in [3.63, 3.8) is 0 Å². The maximum atomic E-state index is 12.9. The molecule has 4 N–H and O–H groups in total. The fourth-order valence-electron chi connectivity index (χ4n) is 4.34. The molecule has 0 fully saturated rings. The zero-order valence-electron chi connectivity index (χ0n) is 25.9. The summed E-state index contributed by atoms with van der Waals surface area (Å²) in [7, 11) is 0. The van der Waals surface area contributed by atoms with E-state index in [1.165, 1.54) is 24.7 Å². The Morgan fingerprint density at radius 2 is 0.957 bits per heavy atom. The van der Waals surface area contributed by atoms with Crippen molar-refractivity contribution < 1.29 is 28.0 Å². The molecule has 2 aromatic heterocycles. The first-order valence-electron chi connectivity index (χ1n) is 15.1. The van der Waals surface area contributed by atoms with Crippen LogP contribution in [0.15, 0.2) is 106 Å². The first kappa shape index (κ1) is 33.3. The van der Waals surface area contributed by atoms with E-state index in [1.807, 2.05) is 38.1 Å². The monoisotopic (exact) mass is 622 g/mol. The van der Waals surface area contributed by atoms with E-state index >= 15 is 0 Å². The molecular formula is C36H38N4O6. The summed E-state index contributed by atoms with van der Waals surface area (Å²) < 4.78 is 10.7. The van der Waals surface area contributed by atoms with E-state index in [0.717, 1.165) is 24.0 Å². The lowest BCUT2D eigenvalue weighted by Crippen LogP contribution is -2.35. The Morgan fingerprint density at radius 1 is 0.565 bits per heavy atom. The van der Waals surface area contributed by atoms with Gasteiger partial charge in [0.1, 0.15) is 22.9 Å². The average Bonchev–Trinajstić information content (AvgIpc) is 3.77. The van der Waals surface area contributed by atoms with Crippen LogP contribution in [0.2, 0.25) is 0 Å². The van der Waals surface area contributed by atoms with E-state index in [9.17, 15) is 19.2 Å². The molecule has 10 nitrogen and oxygen atoms in total. The Kier molecular flexibility index (Phi) is 12.3. The van der Waals surface area contributed by atoms with Crippen molar-refractivity contribution in [2.45, 2.75) is 39.5 Å². The van der Waals surface area contributed by atoms with Crippen LogP contribution in [0.4, 0.5) is 0 Å². The Bertz CT molecular complexity index is 1530. The molecule has 0 saturated carbocycles. The van der Waals surface area contributed by atoms with Gasteiger partial charge in [-0.2, -0.15) is 0 Å². The molecule has 0 bridgehead atoms. The fraction of sp³-hybridized carbons (Fsp3) is 0.222. The zero-order valence-corrected chi connectivity index (χ0v) is 25.9. The minimum atomic E-state index is -0.423. The smallest absolute Gasteiger partial charge is 0.267 e. The van der Waals surface area contributed by atoms with Crippen LogP contribution >= 0.6 is 0 Å². The highest BCUT2D eigenvalue weighted by Gasteiger charge is 2.16. The molecule has 0 aliphatic rings. The van der Waals surface area contributed by atoms with Gasteiger partial charge in [-0.1, -0.05) is 48.2 Å². The van der Waals surface area contributed by atoms with Gasteiger partial charge in [-0.15, -0.1) is 0 Å². The zero-order chi connectivity index (χ0) is 32.7. The quantitative estimate of drug-likeness (QED) is 0.102. The highest BCUT2D eigenvalue weighted by Crippen LogP contribution is 2.11. The Balaban J connectivity index is 1.20. The largest absolute Gasteiger partial charge is 0.465 e. The van der Waals surface area contributed by atoms with Crippen molar-refractivity contribution in [1.29, 1.82) is 0 Å². The second kappa shape index (κ2) is 17.0. The molecule has 0 radical (unpaired) electrons. The molecule has 2 aromatic carbocycles. The van der Waals surface area contributed by atoms with E-state index in [0.29, 0.717) is 48.6 Å². The van der Waals surface area contributed by atoms with E-state index in [1.54, 1.807) is 48.5 Å². The molecule has 4 amide bonds. The Morgan fingerprint density at radius 3 is 1.30 bits per heavy atom. The van der Waals surface area contributed by atoms with E-state index < -0.39 is 23.6 Å². The Labute approximate surface area is 267 Å². The SMILES string of the molecule is Cc1ccc(C(=O)N/C(=C\c2ccco2)C(=O)NCCCCCCNC(=O)/C(=C/c2ccco2)NC(=O)c2ccc(C)cc2)cc1. The number of amides is 4. The number of nitrogens with one attached hydrogen (secondary N) is 4. The second-order valence-electron chi connectivity index (χ2n) is 10.7. The molecule has 46 heavy (non-hydrogen) atoms. The fourth-order valence-corrected chi connectivity index (χ4v) is 4.34. The predicted octanol–water partition coefficient (Wildman–Crippen LogP) is 5.52. The lowest BCUT2D eigenvalue weighted by molar-refractivity contribution is -0.118. The third-order valence-corrected chi connectivity index (χ3v) is 6.95. The third-order valence-electron chi connectivity index (χ3n) is 6.95. The van der Waals surface area contributed by atoms with Gasteiger partial charge in [0.2, 0.25) is 0 Å². The molecule has 2 heterocycles. The van der Waals surface area contributed by atoms with E-state index in [-0.39, 0.29) is 11.4 Å². The number of hydrogen-bond donors (Lipinski definition) is 4. The van der Waals surface area contributed by atoms with Gasteiger partial charge in [-0.05, 0) is 75.2 Å².